The van der Waals surface area contributed by atoms with Gasteiger partial charge in [0, 0.05) is 19.1 Å². The maximum atomic E-state index is 13.3. The molecule has 0 spiro atoms. The summed E-state index contributed by atoms with van der Waals surface area (Å²) in [5.74, 6) is 0.725. The highest BCUT2D eigenvalue weighted by Gasteiger charge is 2.42. The van der Waals surface area contributed by atoms with Gasteiger partial charge in [-0.2, -0.15) is 4.31 Å². The molecule has 0 aromatic heterocycles. The first-order chi connectivity index (χ1) is 17.2. The minimum Gasteiger partial charge on any atom is -0.452 e. The normalized spacial score (nSPS) is 24.2. The van der Waals surface area contributed by atoms with Crippen LogP contribution in [0.25, 0.3) is 0 Å². The molecule has 2 bridgehead atoms. The van der Waals surface area contributed by atoms with Gasteiger partial charge in [0.15, 0.2) is 6.61 Å². The molecule has 2 aromatic rings. The Morgan fingerprint density at radius 1 is 1.14 bits per heavy atom. The summed E-state index contributed by atoms with van der Waals surface area (Å²) < 4.78 is 33.2. The first-order valence-electron chi connectivity index (χ1n) is 12.6. The third-order valence-electron chi connectivity index (χ3n) is 8.05. The highest BCUT2D eigenvalue weighted by atomic mass is 35.5. The molecule has 2 saturated carbocycles. The molecule has 1 N–H and O–H groups in total. The first-order valence-corrected chi connectivity index (χ1v) is 14.4. The average molecular weight is 531 g/mol. The van der Waals surface area contributed by atoms with Crippen molar-refractivity contribution in [2.75, 3.05) is 13.2 Å². The third kappa shape index (κ3) is 5.04. The van der Waals surface area contributed by atoms with Gasteiger partial charge >= 0.3 is 5.97 Å². The molecule has 0 saturated heterocycles. The van der Waals surface area contributed by atoms with Crippen LogP contribution in [0.4, 0.5) is 0 Å². The molecule has 1 amide bonds. The largest absolute Gasteiger partial charge is 0.452 e. The molecule has 2 aromatic carbocycles. The van der Waals surface area contributed by atoms with Crippen molar-refractivity contribution in [2.45, 2.75) is 56.5 Å². The molecule has 1 heterocycles. The summed E-state index contributed by atoms with van der Waals surface area (Å²) in [6.07, 6.45) is 5.53. The number of carbonyl (C=O) groups excluding carboxylic acids is 2. The maximum absolute atomic E-state index is 13.3. The van der Waals surface area contributed by atoms with Crippen molar-refractivity contribution in [1.29, 1.82) is 0 Å². The summed E-state index contributed by atoms with van der Waals surface area (Å²) in [6, 6.07) is 11.8. The lowest BCUT2D eigenvalue weighted by Gasteiger charge is -2.28. The Morgan fingerprint density at radius 2 is 1.92 bits per heavy atom. The smallest absolute Gasteiger partial charge is 0.340 e. The summed E-state index contributed by atoms with van der Waals surface area (Å²) in [7, 11) is -3.85. The van der Waals surface area contributed by atoms with Crippen LogP contribution in [0.1, 0.15) is 54.1 Å². The van der Waals surface area contributed by atoms with Gasteiger partial charge in [-0.05, 0) is 79.7 Å². The number of fused-ring (bicyclic) bond motifs is 3. The molecule has 0 radical (unpaired) electrons. The Morgan fingerprint density at radius 3 is 2.64 bits per heavy atom. The number of ether oxygens (including phenoxy) is 1. The molecule has 3 aliphatic rings. The molecule has 5 rings (SSSR count). The van der Waals surface area contributed by atoms with Crippen molar-refractivity contribution in [1.82, 2.24) is 9.62 Å². The van der Waals surface area contributed by atoms with Gasteiger partial charge in [0.25, 0.3) is 5.91 Å². The number of esters is 1. The second kappa shape index (κ2) is 10.1. The van der Waals surface area contributed by atoms with Crippen molar-refractivity contribution >= 4 is 33.5 Å². The lowest BCUT2D eigenvalue weighted by atomic mass is 9.84. The number of sulfonamides is 1. The van der Waals surface area contributed by atoms with Crippen LogP contribution in [0.3, 0.4) is 0 Å². The monoisotopic (exact) mass is 530 g/mol. The van der Waals surface area contributed by atoms with Crippen molar-refractivity contribution in [3.63, 3.8) is 0 Å². The average Bonchev–Trinajstić information content (AvgIpc) is 3.51. The predicted molar refractivity (Wildman–Crippen MR) is 136 cm³/mol. The molecule has 4 atom stereocenters. The molecule has 192 valence electrons. The number of nitrogens with one attached hydrogen (secondary N) is 1. The summed E-state index contributed by atoms with van der Waals surface area (Å²) in [5.41, 5.74) is 2.02. The van der Waals surface area contributed by atoms with Gasteiger partial charge < -0.3 is 10.1 Å². The van der Waals surface area contributed by atoms with Crippen LogP contribution in [0, 0.1) is 17.8 Å². The number of benzene rings is 2. The third-order valence-corrected chi connectivity index (χ3v) is 10.2. The highest BCUT2D eigenvalue weighted by molar-refractivity contribution is 7.89. The highest BCUT2D eigenvalue weighted by Crippen LogP contribution is 2.49. The number of nitrogens with zero attached hydrogens (tertiary/aromatic N) is 1. The van der Waals surface area contributed by atoms with Gasteiger partial charge in [-0.1, -0.05) is 42.3 Å². The zero-order valence-electron chi connectivity index (χ0n) is 20.3. The van der Waals surface area contributed by atoms with E-state index in [1.54, 1.807) is 0 Å². The molecule has 1 aliphatic heterocycles. The van der Waals surface area contributed by atoms with Gasteiger partial charge in [-0.25, -0.2) is 13.2 Å². The number of hydrogen-bond acceptors (Lipinski definition) is 5. The van der Waals surface area contributed by atoms with Crippen LogP contribution in [-0.2, 0) is 32.5 Å². The topological polar surface area (TPSA) is 92.8 Å². The summed E-state index contributed by atoms with van der Waals surface area (Å²) >= 11 is 6.21. The minimum absolute atomic E-state index is 0.0261. The number of carbonyl (C=O) groups is 2. The number of halogens is 1. The van der Waals surface area contributed by atoms with Crippen molar-refractivity contribution < 1.29 is 22.7 Å². The van der Waals surface area contributed by atoms with Crippen molar-refractivity contribution in [3.05, 3.63) is 64.2 Å². The number of amides is 1. The van der Waals surface area contributed by atoms with Crippen LogP contribution >= 0.6 is 11.6 Å². The van der Waals surface area contributed by atoms with Crippen molar-refractivity contribution in [2.24, 2.45) is 17.8 Å². The molecule has 36 heavy (non-hydrogen) atoms. The minimum atomic E-state index is -3.85. The van der Waals surface area contributed by atoms with Crippen LogP contribution in [0.5, 0.6) is 0 Å². The Balaban J connectivity index is 1.22. The maximum Gasteiger partial charge on any atom is 0.340 e. The molecule has 2 aliphatic carbocycles. The molecular weight excluding hydrogens is 500 g/mol. The summed E-state index contributed by atoms with van der Waals surface area (Å²) in [4.78, 5) is 25.2. The SMILES string of the molecule is C[C@H](NC(=O)COC(=O)c1cc(S(=O)(=O)N2CCc3ccccc3C2)ccc1Cl)[C@@H]1C[C@H]2CC[C@@H]1C2. The Bertz CT molecular complexity index is 1280. The molecule has 0 unspecified atom stereocenters. The quantitative estimate of drug-likeness (QED) is 0.542. The summed E-state index contributed by atoms with van der Waals surface area (Å²) in [6.45, 7) is 2.18. The molecule has 2 fully saturated rings. The Kier molecular flexibility index (Phi) is 7.12. The fraction of sp³-hybridized carbons (Fsp3) is 0.481. The van der Waals surface area contributed by atoms with Crippen LogP contribution in [-0.4, -0.2) is 43.8 Å². The Hall–Kier alpha value is -2.42. The van der Waals surface area contributed by atoms with Gasteiger partial charge in [0.2, 0.25) is 10.0 Å². The van der Waals surface area contributed by atoms with E-state index < -0.39 is 22.6 Å². The standard InChI is InChI=1S/C27H31ClN2O5S/c1-17(23-13-18-6-7-20(23)12-18)29-26(31)16-35-27(32)24-14-22(8-9-25(24)28)36(33,34)30-11-10-19-4-2-3-5-21(19)15-30/h2-5,8-9,14,17-18,20,23H,6-7,10-13,15-16H2,1H3,(H,29,31)/t17-,18-,20+,23-/m0/s1. The summed E-state index contributed by atoms with van der Waals surface area (Å²) in [5, 5.41) is 3.03. The lowest BCUT2D eigenvalue weighted by Crippen LogP contribution is -2.42. The van der Waals surface area contributed by atoms with E-state index in [-0.39, 0.29) is 34.0 Å². The van der Waals surface area contributed by atoms with E-state index in [9.17, 15) is 18.0 Å². The van der Waals surface area contributed by atoms with Gasteiger partial charge in [0.05, 0.1) is 15.5 Å². The van der Waals surface area contributed by atoms with E-state index in [4.69, 9.17) is 16.3 Å². The Labute approximate surface area is 217 Å². The first kappa shape index (κ1) is 25.2. The lowest BCUT2D eigenvalue weighted by molar-refractivity contribution is -0.125. The fourth-order valence-electron chi connectivity index (χ4n) is 6.16. The molecular formula is C27H31ClN2O5S. The van der Waals surface area contributed by atoms with E-state index in [2.05, 4.69) is 5.32 Å². The zero-order chi connectivity index (χ0) is 25.4. The zero-order valence-corrected chi connectivity index (χ0v) is 21.9. The van der Waals surface area contributed by atoms with E-state index in [1.807, 2.05) is 31.2 Å². The van der Waals surface area contributed by atoms with Crippen LogP contribution in [0.15, 0.2) is 47.4 Å². The second-order valence-electron chi connectivity index (χ2n) is 10.3. The van der Waals surface area contributed by atoms with Crippen molar-refractivity contribution in [3.8, 4) is 0 Å². The van der Waals surface area contributed by atoms with Crippen LogP contribution < -0.4 is 5.32 Å². The van der Waals surface area contributed by atoms with E-state index in [0.717, 1.165) is 23.5 Å². The number of rotatable bonds is 7. The van der Waals surface area contributed by atoms with Gasteiger partial charge in [-0.15, -0.1) is 0 Å². The fourth-order valence-corrected chi connectivity index (χ4v) is 7.80. The van der Waals surface area contributed by atoms with Gasteiger partial charge in [-0.3, -0.25) is 4.79 Å². The van der Waals surface area contributed by atoms with E-state index in [1.165, 1.54) is 41.8 Å². The number of hydrogen-bond donors (Lipinski definition) is 1. The second-order valence-corrected chi connectivity index (χ2v) is 12.6. The van der Waals surface area contributed by atoms with Crippen LogP contribution in [0.2, 0.25) is 5.02 Å². The van der Waals surface area contributed by atoms with Gasteiger partial charge in [0.1, 0.15) is 0 Å². The van der Waals surface area contributed by atoms with E-state index >= 15 is 0 Å². The molecule has 7 nitrogen and oxygen atoms in total. The predicted octanol–water partition coefficient (Wildman–Crippen LogP) is 4.18. The van der Waals surface area contributed by atoms with E-state index in [0.29, 0.717) is 24.8 Å². The molecule has 9 heteroatoms.